The van der Waals surface area contributed by atoms with Crippen LogP contribution < -0.4 is 0 Å². The third-order valence-corrected chi connectivity index (χ3v) is 5.63. The van der Waals surface area contributed by atoms with Crippen LogP contribution in [-0.4, -0.2) is 36.8 Å². The lowest BCUT2D eigenvalue weighted by Gasteiger charge is -2.37. The molecule has 0 radical (unpaired) electrons. The molecule has 0 bridgehead atoms. The van der Waals surface area contributed by atoms with Gasteiger partial charge in [0.25, 0.3) is 0 Å². The molecule has 6 heteroatoms. The van der Waals surface area contributed by atoms with E-state index in [9.17, 15) is 4.79 Å². The molecule has 0 aliphatic carbocycles. The van der Waals surface area contributed by atoms with Crippen molar-refractivity contribution in [1.29, 1.82) is 0 Å². The van der Waals surface area contributed by atoms with Crippen molar-refractivity contribution in [2.24, 2.45) is 0 Å². The molecular formula is C23H28N4OS. The number of carbonyl (C=O) groups is 1. The van der Waals surface area contributed by atoms with Crippen molar-refractivity contribution in [3.05, 3.63) is 65.7 Å². The van der Waals surface area contributed by atoms with Crippen LogP contribution in [0.25, 0.3) is 11.4 Å². The van der Waals surface area contributed by atoms with Crippen LogP contribution in [0, 0.1) is 6.92 Å². The number of benzene rings is 2. The fourth-order valence-electron chi connectivity index (χ4n) is 2.98. The number of thioether (sulfide) groups is 1. The number of H-pyrrole nitrogens is 1. The first-order chi connectivity index (χ1) is 13.7. The first kappa shape index (κ1) is 21.1. The summed E-state index contributed by atoms with van der Waals surface area (Å²) in [4.78, 5) is 19.7. The van der Waals surface area contributed by atoms with Crippen LogP contribution in [0.4, 0.5) is 0 Å². The average molecular weight is 409 g/mol. The molecule has 29 heavy (non-hydrogen) atoms. The SMILES string of the molecule is Cc1ccc(-c2nc(S[C@H](C)C(=O)N(Cc3ccccc3)C(C)(C)C)n[nH]2)cc1. The zero-order valence-electron chi connectivity index (χ0n) is 17.6. The highest BCUT2D eigenvalue weighted by atomic mass is 32.2. The Labute approximate surface area is 176 Å². The minimum atomic E-state index is -0.292. The Morgan fingerprint density at radius 1 is 1.10 bits per heavy atom. The number of hydrogen-bond donors (Lipinski definition) is 1. The maximum absolute atomic E-state index is 13.3. The molecule has 1 atom stereocenters. The van der Waals surface area contributed by atoms with E-state index in [-0.39, 0.29) is 16.7 Å². The molecule has 1 N–H and O–H groups in total. The number of nitrogens with zero attached hydrogens (tertiary/aromatic N) is 3. The van der Waals surface area contributed by atoms with E-state index < -0.39 is 0 Å². The van der Waals surface area contributed by atoms with Gasteiger partial charge in [-0.15, -0.1) is 5.10 Å². The van der Waals surface area contributed by atoms with Crippen molar-refractivity contribution in [2.75, 3.05) is 0 Å². The number of aryl methyl sites for hydroxylation is 1. The van der Waals surface area contributed by atoms with Crippen LogP contribution in [0.5, 0.6) is 0 Å². The summed E-state index contributed by atoms with van der Waals surface area (Å²) in [5.41, 5.74) is 3.01. The Balaban J connectivity index is 1.72. The van der Waals surface area contributed by atoms with Crippen LogP contribution in [0.1, 0.15) is 38.8 Å². The van der Waals surface area contributed by atoms with E-state index in [4.69, 9.17) is 0 Å². The average Bonchev–Trinajstić information content (AvgIpc) is 3.14. The number of hydrogen-bond acceptors (Lipinski definition) is 4. The molecule has 1 heterocycles. The van der Waals surface area contributed by atoms with Gasteiger partial charge in [0.1, 0.15) is 0 Å². The van der Waals surface area contributed by atoms with E-state index in [1.807, 2.05) is 66.4 Å². The topological polar surface area (TPSA) is 61.9 Å². The second-order valence-electron chi connectivity index (χ2n) is 8.17. The molecule has 0 spiro atoms. The number of aromatic nitrogens is 3. The van der Waals surface area contributed by atoms with Crippen LogP contribution in [0.15, 0.2) is 59.8 Å². The second kappa shape index (κ2) is 8.82. The summed E-state index contributed by atoms with van der Waals surface area (Å²) in [6.07, 6.45) is 0. The van der Waals surface area contributed by atoms with Crippen molar-refractivity contribution in [3.63, 3.8) is 0 Å². The predicted molar refractivity (Wildman–Crippen MR) is 119 cm³/mol. The highest BCUT2D eigenvalue weighted by Gasteiger charge is 2.31. The van der Waals surface area contributed by atoms with E-state index >= 15 is 0 Å². The second-order valence-corrected chi connectivity index (χ2v) is 9.48. The Bertz CT molecular complexity index is 945. The van der Waals surface area contributed by atoms with Gasteiger partial charge < -0.3 is 4.90 Å². The van der Waals surface area contributed by atoms with E-state index in [2.05, 4.69) is 42.9 Å². The van der Waals surface area contributed by atoms with E-state index in [0.717, 1.165) is 11.1 Å². The monoisotopic (exact) mass is 408 g/mol. The van der Waals surface area contributed by atoms with E-state index in [1.165, 1.54) is 17.3 Å². The summed E-state index contributed by atoms with van der Waals surface area (Å²) in [7, 11) is 0. The zero-order valence-corrected chi connectivity index (χ0v) is 18.5. The molecule has 5 nitrogen and oxygen atoms in total. The minimum Gasteiger partial charge on any atom is -0.333 e. The first-order valence-electron chi connectivity index (χ1n) is 9.75. The Morgan fingerprint density at radius 2 is 1.76 bits per heavy atom. The third-order valence-electron chi connectivity index (χ3n) is 4.68. The molecular weight excluding hydrogens is 380 g/mol. The lowest BCUT2D eigenvalue weighted by Crippen LogP contribution is -2.48. The standard InChI is InChI=1S/C23H28N4OS/c1-16-11-13-19(14-12-16)20-24-22(26-25-20)29-17(2)21(28)27(23(3,4)5)15-18-9-7-6-8-10-18/h6-14,17H,15H2,1-5H3,(H,24,25,26)/t17-/m1/s1. The van der Waals surface area contributed by atoms with Crippen LogP contribution in [0.2, 0.25) is 0 Å². The zero-order chi connectivity index (χ0) is 21.0. The summed E-state index contributed by atoms with van der Waals surface area (Å²) < 4.78 is 0. The molecule has 2 aromatic carbocycles. The highest BCUT2D eigenvalue weighted by molar-refractivity contribution is 8.00. The van der Waals surface area contributed by atoms with Gasteiger partial charge >= 0.3 is 0 Å². The lowest BCUT2D eigenvalue weighted by molar-refractivity contribution is -0.135. The van der Waals surface area contributed by atoms with Crippen molar-refractivity contribution in [2.45, 2.75) is 57.1 Å². The summed E-state index contributed by atoms with van der Waals surface area (Å²) >= 11 is 1.38. The fourth-order valence-corrected chi connectivity index (χ4v) is 3.77. The Hall–Kier alpha value is -2.60. The van der Waals surface area contributed by atoms with Crippen LogP contribution in [0.3, 0.4) is 0 Å². The van der Waals surface area contributed by atoms with Gasteiger partial charge in [0.2, 0.25) is 11.1 Å². The minimum absolute atomic E-state index is 0.0769. The predicted octanol–water partition coefficient (Wildman–Crippen LogP) is 5.09. The molecule has 0 aliphatic rings. The van der Waals surface area contributed by atoms with Crippen LogP contribution >= 0.6 is 11.8 Å². The number of nitrogens with one attached hydrogen (secondary N) is 1. The number of amides is 1. The van der Waals surface area contributed by atoms with Gasteiger partial charge in [-0.3, -0.25) is 9.89 Å². The smallest absolute Gasteiger partial charge is 0.236 e. The normalized spacial score (nSPS) is 12.6. The van der Waals surface area contributed by atoms with Crippen molar-refractivity contribution in [3.8, 4) is 11.4 Å². The van der Waals surface area contributed by atoms with Gasteiger partial charge in [0, 0.05) is 17.6 Å². The van der Waals surface area contributed by atoms with Gasteiger partial charge in [-0.05, 0) is 40.2 Å². The van der Waals surface area contributed by atoms with Crippen molar-refractivity contribution < 1.29 is 4.79 Å². The van der Waals surface area contributed by atoms with Crippen LogP contribution in [-0.2, 0) is 11.3 Å². The van der Waals surface area contributed by atoms with Crippen molar-refractivity contribution >= 4 is 17.7 Å². The fraction of sp³-hybridized carbons (Fsp3) is 0.348. The number of rotatable bonds is 6. The van der Waals surface area contributed by atoms with Gasteiger partial charge in [0.15, 0.2) is 5.82 Å². The summed E-state index contributed by atoms with van der Waals surface area (Å²) in [6.45, 7) is 10.7. The van der Waals surface area contributed by atoms with Gasteiger partial charge in [-0.2, -0.15) is 0 Å². The molecule has 0 saturated carbocycles. The lowest BCUT2D eigenvalue weighted by atomic mass is 10.0. The third kappa shape index (κ3) is 5.48. The molecule has 0 saturated heterocycles. The largest absolute Gasteiger partial charge is 0.333 e. The molecule has 1 aromatic heterocycles. The van der Waals surface area contributed by atoms with Gasteiger partial charge in [-0.1, -0.05) is 71.9 Å². The molecule has 0 unspecified atom stereocenters. The molecule has 152 valence electrons. The number of carbonyl (C=O) groups excluding carboxylic acids is 1. The Morgan fingerprint density at radius 3 is 2.38 bits per heavy atom. The maximum atomic E-state index is 13.3. The first-order valence-corrected chi connectivity index (χ1v) is 10.6. The van der Waals surface area contributed by atoms with E-state index in [0.29, 0.717) is 17.5 Å². The summed E-state index contributed by atoms with van der Waals surface area (Å²) in [6, 6.07) is 18.2. The molecule has 0 aliphatic heterocycles. The van der Waals surface area contributed by atoms with Gasteiger partial charge in [0.05, 0.1) is 5.25 Å². The quantitative estimate of drug-likeness (QED) is 0.577. The molecule has 0 fully saturated rings. The Kier molecular flexibility index (Phi) is 6.42. The molecule has 3 aromatic rings. The summed E-state index contributed by atoms with van der Waals surface area (Å²) in [5.74, 6) is 0.789. The van der Waals surface area contributed by atoms with Gasteiger partial charge in [-0.25, -0.2) is 4.98 Å². The molecule has 1 amide bonds. The summed E-state index contributed by atoms with van der Waals surface area (Å²) in [5, 5.41) is 7.56. The number of aromatic amines is 1. The maximum Gasteiger partial charge on any atom is 0.236 e. The molecule has 3 rings (SSSR count). The highest BCUT2D eigenvalue weighted by Crippen LogP contribution is 2.27. The van der Waals surface area contributed by atoms with E-state index in [1.54, 1.807) is 0 Å². The van der Waals surface area contributed by atoms with Crippen molar-refractivity contribution in [1.82, 2.24) is 20.1 Å².